The molecule has 1 saturated carbocycles. The van der Waals surface area contributed by atoms with Crippen molar-refractivity contribution in [3.63, 3.8) is 0 Å². The summed E-state index contributed by atoms with van der Waals surface area (Å²) >= 11 is 3.52. The molecule has 7 rings (SSSR count). The van der Waals surface area contributed by atoms with Crippen LogP contribution in [0.5, 0.6) is 11.5 Å². The van der Waals surface area contributed by atoms with Gasteiger partial charge in [-0.25, -0.2) is 4.90 Å². The molecule has 8 nitrogen and oxygen atoms in total. The lowest BCUT2D eigenvalue weighted by Gasteiger charge is -2.49. The number of nitrogens with zero attached hydrogens (tertiary/aromatic N) is 2. The summed E-state index contributed by atoms with van der Waals surface area (Å²) in [5.74, 6) is -4.07. The first kappa shape index (κ1) is 28.5. The van der Waals surface area contributed by atoms with Crippen LogP contribution in [0.25, 0.3) is 0 Å². The first-order valence-electron chi connectivity index (χ1n) is 14.9. The molecular weight excluding hydrogens is 624 g/mol. The van der Waals surface area contributed by atoms with Gasteiger partial charge in [0.2, 0.25) is 23.6 Å². The Morgan fingerprint density at radius 2 is 1.61 bits per heavy atom. The number of imide groups is 2. The molecular formula is C35H31BrN2O6. The summed E-state index contributed by atoms with van der Waals surface area (Å²) in [5.41, 5.74) is 1.50. The lowest BCUT2D eigenvalue weighted by atomic mass is 9.51. The van der Waals surface area contributed by atoms with Crippen molar-refractivity contribution in [2.45, 2.75) is 32.1 Å². The molecule has 3 fully saturated rings. The minimum Gasteiger partial charge on any atom is -0.508 e. The molecule has 3 aromatic carbocycles. The van der Waals surface area contributed by atoms with Gasteiger partial charge in [0, 0.05) is 22.5 Å². The highest BCUT2D eigenvalue weighted by Gasteiger charge is 2.67. The summed E-state index contributed by atoms with van der Waals surface area (Å²) in [6, 6.07) is 20.6. The van der Waals surface area contributed by atoms with E-state index < -0.39 is 35.0 Å². The van der Waals surface area contributed by atoms with Gasteiger partial charge in [-0.05, 0) is 80.1 Å². The number of hydrogen-bond donors (Lipinski definition) is 2. The maximum Gasteiger partial charge on any atom is 0.241 e. The van der Waals surface area contributed by atoms with E-state index in [9.17, 15) is 29.4 Å². The van der Waals surface area contributed by atoms with Crippen LogP contribution < -0.4 is 4.90 Å². The van der Waals surface area contributed by atoms with Crippen molar-refractivity contribution in [2.24, 2.45) is 29.1 Å². The van der Waals surface area contributed by atoms with E-state index in [4.69, 9.17) is 0 Å². The molecule has 0 aromatic heterocycles. The zero-order valence-corrected chi connectivity index (χ0v) is 25.6. The zero-order valence-electron chi connectivity index (χ0n) is 24.0. The second kappa shape index (κ2) is 10.4. The number of halogens is 1. The fourth-order valence-electron chi connectivity index (χ4n) is 8.13. The molecule has 2 N–H and O–H groups in total. The van der Waals surface area contributed by atoms with Gasteiger partial charge in [0.1, 0.15) is 11.5 Å². The Balaban J connectivity index is 1.30. The predicted octanol–water partition coefficient (Wildman–Crippen LogP) is 5.33. The lowest BCUT2D eigenvalue weighted by Crippen LogP contribution is -2.49. The normalized spacial score (nSPS) is 29.4. The van der Waals surface area contributed by atoms with Gasteiger partial charge in [-0.1, -0.05) is 57.9 Å². The van der Waals surface area contributed by atoms with E-state index in [0.717, 1.165) is 11.1 Å². The standard InChI is InChI=1S/C35H31BrN2O6/c1-35-27(32(42)38(34(35)44)21-5-3-2-4-6-21)18-25-23(30(35)26-17-20(36)9-14-28(26)40)12-13-24-29(25)33(43)37(31(24)41)16-15-19-7-10-22(39)11-8-19/h2-12,14,17,24-25,27,29-30,39-40H,13,15-16,18H2,1H3. The summed E-state index contributed by atoms with van der Waals surface area (Å²) in [7, 11) is 0. The Kier molecular flexibility index (Phi) is 6.77. The monoisotopic (exact) mass is 654 g/mol. The van der Waals surface area contributed by atoms with Crippen molar-refractivity contribution in [3.8, 4) is 11.5 Å². The maximum atomic E-state index is 14.4. The van der Waals surface area contributed by atoms with Crippen LogP contribution in [-0.2, 0) is 25.6 Å². The third-order valence-electron chi connectivity index (χ3n) is 10.2. The van der Waals surface area contributed by atoms with Crippen LogP contribution in [0.4, 0.5) is 5.69 Å². The summed E-state index contributed by atoms with van der Waals surface area (Å²) < 4.78 is 0.714. The fourth-order valence-corrected chi connectivity index (χ4v) is 8.51. The van der Waals surface area contributed by atoms with E-state index in [1.807, 2.05) is 12.1 Å². The first-order valence-corrected chi connectivity index (χ1v) is 15.7. The van der Waals surface area contributed by atoms with Crippen molar-refractivity contribution in [1.82, 2.24) is 4.90 Å². The van der Waals surface area contributed by atoms with Crippen molar-refractivity contribution >= 4 is 45.2 Å². The van der Waals surface area contributed by atoms with Crippen LogP contribution in [0.1, 0.15) is 36.8 Å². The average Bonchev–Trinajstić information content (AvgIpc) is 3.38. The molecule has 0 bridgehead atoms. The van der Waals surface area contributed by atoms with Gasteiger partial charge < -0.3 is 10.2 Å². The quantitative estimate of drug-likeness (QED) is 0.284. The number of carbonyl (C=O) groups is 4. The number of anilines is 1. The van der Waals surface area contributed by atoms with E-state index in [2.05, 4.69) is 15.9 Å². The number of allylic oxidation sites excluding steroid dienone is 2. The Morgan fingerprint density at radius 3 is 2.34 bits per heavy atom. The smallest absolute Gasteiger partial charge is 0.241 e. The van der Waals surface area contributed by atoms with Crippen LogP contribution in [0.3, 0.4) is 0 Å². The molecule has 6 atom stereocenters. The van der Waals surface area contributed by atoms with E-state index in [-0.39, 0.29) is 48.1 Å². The highest BCUT2D eigenvalue weighted by Crippen LogP contribution is 2.64. The Bertz CT molecular complexity index is 1740. The molecule has 4 amide bonds. The topological polar surface area (TPSA) is 115 Å². The Labute approximate surface area is 263 Å². The second-order valence-corrected chi connectivity index (χ2v) is 13.4. The number of carbonyl (C=O) groups excluding carboxylic acids is 4. The number of benzene rings is 3. The molecule has 2 heterocycles. The lowest BCUT2D eigenvalue weighted by molar-refractivity contribution is -0.140. The minimum absolute atomic E-state index is 0.00427. The fraction of sp³-hybridized carbons (Fsp3) is 0.314. The molecule has 9 heteroatoms. The minimum atomic E-state index is -1.22. The second-order valence-electron chi connectivity index (χ2n) is 12.4. The van der Waals surface area contributed by atoms with E-state index >= 15 is 0 Å². The number of fused-ring (bicyclic) bond motifs is 4. The summed E-state index contributed by atoms with van der Waals surface area (Å²) in [4.78, 5) is 58.9. The number of likely N-dealkylation sites (tertiary alicyclic amines) is 1. The molecule has 0 spiro atoms. The van der Waals surface area contributed by atoms with Crippen molar-refractivity contribution in [3.05, 3.63) is 100 Å². The number of amides is 4. The van der Waals surface area contributed by atoms with Gasteiger partial charge >= 0.3 is 0 Å². The Morgan fingerprint density at radius 1 is 0.886 bits per heavy atom. The van der Waals surface area contributed by atoms with Crippen LogP contribution in [-0.4, -0.2) is 45.3 Å². The van der Waals surface area contributed by atoms with Crippen LogP contribution in [0.2, 0.25) is 0 Å². The molecule has 4 aliphatic rings. The average molecular weight is 656 g/mol. The molecule has 3 aromatic rings. The number of phenols is 2. The third-order valence-corrected chi connectivity index (χ3v) is 10.7. The van der Waals surface area contributed by atoms with E-state index in [0.29, 0.717) is 28.6 Å². The van der Waals surface area contributed by atoms with E-state index in [1.54, 1.807) is 73.7 Å². The molecule has 224 valence electrons. The highest BCUT2D eigenvalue weighted by atomic mass is 79.9. The Hall–Kier alpha value is -4.24. The van der Waals surface area contributed by atoms with Gasteiger partial charge in [0.05, 0.1) is 28.9 Å². The largest absolute Gasteiger partial charge is 0.508 e. The molecule has 2 aliphatic carbocycles. The number of phenolic OH excluding ortho intramolecular Hbond substituents is 2. The van der Waals surface area contributed by atoms with Gasteiger partial charge in [-0.3, -0.25) is 24.1 Å². The maximum absolute atomic E-state index is 14.4. The molecule has 2 saturated heterocycles. The van der Waals surface area contributed by atoms with Crippen LogP contribution in [0, 0.1) is 29.1 Å². The number of aromatic hydroxyl groups is 2. The third kappa shape index (κ3) is 4.16. The molecule has 0 radical (unpaired) electrons. The molecule has 44 heavy (non-hydrogen) atoms. The summed E-state index contributed by atoms with van der Waals surface area (Å²) in [6.45, 7) is 2.02. The molecule has 6 unspecified atom stereocenters. The summed E-state index contributed by atoms with van der Waals surface area (Å²) in [5, 5.41) is 20.8. The number of para-hydroxylation sites is 1. The van der Waals surface area contributed by atoms with Crippen molar-refractivity contribution < 1.29 is 29.4 Å². The number of hydrogen-bond acceptors (Lipinski definition) is 6. The van der Waals surface area contributed by atoms with Crippen molar-refractivity contribution in [1.29, 1.82) is 0 Å². The van der Waals surface area contributed by atoms with Crippen molar-refractivity contribution in [2.75, 3.05) is 11.4 Å². The van der Waals surface area contributed by atoms with Gasteiger partial charge in [-0.2, -0.15) is 0 Å². The highest BCUT2D eigenvalue weighted by molar-refractivity contribution is 9.10. The van der Waals surface area contributed by atoms with Crippen LogP contribution >= 0.6 is 15.9 Å². The number of rotatable bonds is 5. The SMILES string of the molecule is CC12C(=O)N(c3ccccc3)C(=O)C1CC1C(=CCC3C(=O)N(CCc4ccc(O)cc4)C(=O)C31)C2c1cc(Br)ccc1O. The van der Waals surface area contributed by atoms with Gasteiger partial charge in [0.15, 0.2) is 0 Å². The zero-order chi connectivity index (χ0) is 30.9. The summed E-state index contributed by atoms with van der Waals surface area (Å²) in [6.07, 6.45) is 3.03. The molecule has 2 aliphatic heterocycles. The van der Waals surface area contributed by atoms with Gasteiger partial charge in [0.25, 0.3) is 0 Å². The van der Waals surface area contributed by atoms with E-state index in [1.165, 1.54) is 9.80 Å². The first-order chi connectivity index (χ1) is 21.1. The predicted molar refractivity (Wildman–Crippen MR) is 165 cm³/mol. The van der Waals surface area contributed by atoms with Gasteiger partial charge in [-0.15, -0.1) is 0 Å². The van der Waals surface area contributed by atoms with Crippen LogP contribution in [0.15, 0.2) is 88.9 Å².